The summed E-state index contributed by atoms with van der Waals surface area (Å²) in [4.78, 5) is 18.0. The Morgan fingerprint density at radius 1 is 1.60 bits per heavy atom. The van der Waals surface area contributed by atoms with Gasteiger partial charge in [-0.15, -0.1) is 0 Å². The fourth-order valence-corrected chi connectivity index (χ4v) is 2.49. The zero-order valence-corrected chi connectivity index (χ0v) is 11.3. The van der Waals surface area contributed by atoms with Crippen molar-refractivity contribution in [3.8, 4) is 0 Å². The maximum Gasteiger partial charge on any atom is 0.321 e. The monoisotopic (exact) mass is 275 g/mol. The zero-order chi connectivity index (χ0) is 14.1. The summed E-state index contributed by atoms with van der Waals surface area (Å²) in [6.45, 7) is 3.21. The Hall–Kier alpha value is -2.08. The van der Waals surface area contributed by atoms with E-state index in [1.165, 1.54) is 0 Å². The largest absolute Gasteiger partial charge is 0.441 e. The van der Waals surface area contributed by atoms with E-state index in [4.69, 9.17) is 9.52 Å². The summed E-state index contributed by atoms with van der Waals surface area (Å²) < 4.78 is 5.44. The third kappa shape index (κ3) is 2.46. The number of carbonyl (C=O) groups excluding carboxylic acids is 1. The Morgan fingerprint density at radius 2 is 2.45 bits per heavy atom. The maximum atomic E-state index is 12.1. The van der Waals surface area contributed by atoms with E-state index in [-0.39, 0.29) is 18.6 Å². The van der Waals surface area contributed by atoms with Crippen LogP contribution in [0.5, 0.6) is 0 Å². The minimum atomic E-state index is -0.142. The highest BCUT2D eigenvalue weighted by Gasteiger charge is 2.25. The van der Waals surface area contributed by atoms with Gasteiger partial charge in [0.2, 0.25) is 0 Å². The van der Waals surface area contributed by atoms with Crippen molar-refractivity contribution in [2.45, 2.75) is 13.3 Å². The molecule has 20 heavy (non-hydrogen) atoms. The second-order valence-electron chi connectivity index (χ2n) is 5.13. The lowest BCUT2D eigenvalue weighted by Gasteiger charge is -2.16. The molecule has 0 spiro atoms. The number of rotatable bonds is 2. The molecule has 1 saturated heterocycles. The molecule has 0 bridgehead atoms. The Morgan fingerprint density at radius 3 is 3.20 bits per heavy atom. The van der Waals surface area contributed by atoms with Crippen molar-refractivity contribution in [2.24, 2.45) is 5.92 Å². The van der Waals surface area contributed by atoms with Gasteiger partial charge in [0.05, 0.1) is 0 Å². The highest BCUT2D eigenvalue weighted by Crippen LogP contribution is 2.21. The van der Waals surface area contributed by atoms with E-state index < -0.39 is 0 Å². The lowest BCUT2D eigenvalue weighted by molar-refractivity contribution is 0.209. The molecular formula is C14H17N3O3. The summed E-state index contributed by atoms with van der Waals surface area (Å²) in [6.07, 6.45) is 0.851. The first-order valence-corrected chi connectivity index (χ1v) is 6.69. The van der Waals surface area contributed by atoms with Crippen LogP contribution in [0.3, 0.4) is 0 Å². The van der Waals surface area contributed by atoms with Crippen LogP contribution in [-0.2, 0) is 0 Å². The number of aliphatic hydroxyl groups is 1. The Balaban J connectivity index is 1.71. The minimum Gasteiger partial charge on any atom is -0.441 e. The smallest absolute Gasteiger partial charge is 0.321 e. The number of oxazole rings is 1. The van der Waals surface area contributed by atoms with Gasteiger partial charge in [0, 0.05) is 44.3 Å². The van der Waals surface area contributed by atoms with Gasteiger partial charge in [0.15, 0.2) is 11.5 Å². The lowest BCUT2D eigenvalue weighted by Crippen LogP contribution is -2.33. The molecule has 6 heteroatoms. The van der Waals surface area contributed by atoms with E-state index in [0.717, 1.165) is 11.9 Å². The van der Waals surface area contributed by atoms with Gasteiger partial charge in [0.1, 0.15) is 5.52 Å². The first-order valence-electron chi connectivity index (χ1n) is 6.69. The van der Waals surface area contributed by atoms with Crippen molar-refractivity contribution in [2.75, 3.05) is 25.0 Å². The molecule has 1 aliphatic rings. The average Bonchev–Trinajstić information content (AvgIpc) is 3.03. The Bertz CT molecular complexity index is 638. The molecule has 1 atom stereocenters. The number of likely N-dealkylation sites (tertiary alicyclic amines) is 1. The van der Waals surface area contributed by atoms with Crippen LogP contribution in [0.1, 0.15) is 12.3 Å². The SMILES string of the molecule is Cc1nc2ccc(NC(=O)N3CCC(CO)C3)cc2o1. The van der Waals surface area contributed by atoms with E-state index in [0.29, 0.717) is 30.3 Å². The van der Waals surface area contributed by atoms with Crippen LogP contribution >= 0.6 is 0 Å². The number of hydrogen-bond donors (Lipinski definition) is 2. The lowest BCUT2D eigenvalue weighted by atomic mass is 10.1. The van der Waals surface area contributed by atoms with Gasteiger partial charge in [-0.2, -0.15) is 0 Å². The molecule has 1 fully saturated rings. The number of fused-ring (bicyclic) bond motifs is 1. The Labute approximate surface area is 116 Å². The molecule has 2 heterocycles. The van der Waals surface area contributed by atoms with Crippen LogP contribution in [0, 0.1) is 12.8 Å². The summed E-state index contributed by atoms with van der Waals surface area (Å²) in [5.41, 5.74) is 2.13. The number of aliphatic hydroxyl groups excluding tert-OH is 1. The van der Waals surface area contributed by atoms with Crippen molar-refractivity contribution in [3.05, 3.63) is 24.1 Å². The van der Waals surface area contributed by atoms with Crippen LogP contribution < -0.4 is 5.32 Å². The van der Waals surface area contributed by atoms with Gasteiger partial charge in [-0.05, 0) is 18.6 Å². The van der Waals surface area contributed by atoms with Crippen LogP contribution in [0.4, 0.5) is 10.5 Å². The molecule has 0 aliphatic carbocycles. The van der Waals surface area contributed by atoms with E-state index >= 15 is 0 Å². The first-order chi connectivity index (χ1) is 9.65. The van der Waals surface area contributed by atoms with Crippen molar-refractivity contribution in [1.29, 1.82) is 0 Å². The highest BCUT2D eigenvalue weighted by atomic mass is 16.3. The third-order valence-electron chi connectivity index (χ3n) is 3.58. The molecule has 0 radical (unpaired) electrons. The van der Waals surface area contributed by atoms with Crippen LogP contribution in [0.15, 0.2) is 22.6 Å². The Kier molecular flexibility index (Phi) is 3.31. The number of anilines is 1. The summed E-state index contributed by atoms with van der Waals surface area (Å²) in [7, 11) is 0. The third-order valence-corrected chi connectivity index (χ3v) is 3.58. The summed E-state index contributed by atoms with van der Waals surface area (Å²) >= 11 is 0. The van der Waals surface area contributed by atoms with E-state index in [9.17, 15) is 4.79 Å². The van der Waals surface area contributed by atoms with Crippen molar-refractivity contribution in [3.63, 3.8) is 0 Å². The molecular weight excluding hydrogens is 258 g/mol. The molecule has 1 aromatic heterocycles. The predicted octanol–water partition coefficient (Wildman–Crippen LogP) is 1.98. The van der Waals surface area contributed by atoms with Gasteiger partial charge in [-0.25, -0.2) is 9.78 Å². The summed E-state index contributed by atoms with van der Waals surface area (Å²) in [5, 5.41) is 11.9. The minimum absolute atomic E-state index is 0.132. The molecule has 0 saturated carbocycles. The zero-order valence-electron chi connectivity index (χ0n) is 11.3. The molecule has 1 unspecified atom stereocenters. The molecule has 106 valence electrons. The number of hydrogen-bond acceptors (Lipinski definition) is 4. The maximum absolute atomic E-state index is 12.1. The van der Waals surface area contributed by atoms with Gasteiger partial charge >= 0.3 is 6.03 Å². The van der Waals surface area contributed by atoms with Crippen molar-refractivity contribution in [1.82, 2.24) is 9.88 Å². The fourth-order valence-electron chi connectivity index (χ4n) is 2.49. The van der Waals surface area contributed by atoms with Gasteiger partial charge in [-0.1, -0.05) is 0 Å². The molecule has 1 aliphatic heterocycles. The van der Waals surface area contributed by atoms with Crippen LogP contribution in [-0.4, -0.2) is 40.7 Å². The first kappa shape index (κ1) is 12.9. The molecule has 1 aromatic carbocycles. The molecule has 2 amide bonds. The molecule has 2 aromatic rings. The highest BCUT2D eigenvalue weighted by molar-refractivity contribution is 5.91. The molecule has 2 N–H and O–H groups in total. The van der Waals surface area contributed by atoms with Crippen LogP contribution in [0.2, 0.25) is 0 Å². The van der Waals surface area contributed by atoms with Crippen LogP contribution in [0.25, 0.3) is 11.1 Å². The predicted molar refractivity (Wildman–Crippen MR) is 74.5 cm³/mol. The van der Waals surface area contributed by atoms with Crippen molar-refractivity contribution >= 4 is 22.8 Å². The number of nitrogens with one attached hydrogen (secondary N) is 1. The number of carbonyl (C=O) groups is 1. The number of urea groups is 1. The van der Waals surface area contributed by atoms with Gasteiger partial charge in [0.25, 0.3) is 0 Å². The fraction of sp³-hybridized carbons (Fsp3) is 0.429. The number of aromatic nitrogens is 1. The van der Waals surface area contributed by atoms with E-state index in [1.54, 1.807) is 17.9 Å². The number of aryl methyl sites for hydroxylation is 1. The normalized spacial score (nSPS) is 18.7. The molecule has 3 rings (SSSR count). The standard InChI is InChI=1S/C14H17N3O3/c1-9-15-12-3-2-11(6-13(12)20-9)16-14(19)17-5-4-10(7-17)8-18/h2-3,6,10,18H,4-5,7-8H2,1H3,(H,16,19). The van der Waals surface area contributed by atoms with Gasteiger partial charge < -0.3 is 19.7 Å². The summed E-state index contributed by atoms with van der Waals surface area (Å²) in [6, 6.07) is 5.26. The van der Waals surface area contributed by atoms with Gasteiger partial charge in [-0.3, -0.25) is 0 Å². The van der Waals surface area contributed by atoms with E-state index in [2.05, 4.69) is 10.3 Å². The molecule has 6 nitrogen and oxygen atoms in total. The second-order valence-corrected chi connectivity index (χ2v) is 5.13. The number of amides is 2. The quantitative estimate of drug-likeness (QED) is 0.878. The number of benzene rings is 1. The second kappa shape index (κ2) is 5.13. The topological polar surface area (TPSA) is 78.6 Å². The van der Waals surface area contributed by atoms with E-state index in [1.807, 2.05) is 12.1 Å². The van der Waals surface area contributed by atoms with Crippen molar-refractivity contribution < 1.29 is 14.3 Å². The average molecular weight is 275 g/mol. The summed E-state index contributed by atoms with van der Waals surface area (Å²) in [5.74, 6) is 0.800. The number of nitrogens with zero attached hydrogens (tertiary/aromatic N) is 2.